The molecule has 164 valence electrons. The molecule has 0 aliphatic rings. The molecular formula is C26H31F2N3. The van der Waals surface area contributed by atoms with Crippen molar-refractivity contribution >= 4 is 0 Å². The molecule has 0 aliphatic carbocycles. The molecule has 0 aromatic rings. The fourth-order valence-electron chi connectivity index (χ4n) is 1.80. The summed E-state index contributed by atoms with van der Waals surface area (Å²) < 4.78 is 25.1. The number of allylic oxidation sites excluding steroid dienone is 8. The summed E-state index contributed by atoms with van der Waals surface area (Å²) in [4.78, 5) is 0. The summed E-state index contributed by atoms with van der Waals surface area (Å²) in [5, 5.41) is 9.12. The highest BCUT2D eigenvalue weighted by atomic mass is 19.1. The molecule has 0 aliphatic heterocycles. The van der Waals surface area contributed by atoms with Crippen LogP contribution in [0.3, 0.4) is 0 Å². The van der Waals surface area contributed by atoms with E-state index in [1.165, 1.54) is 12.2 Å². The Kier molecular flexibility index (Phi) is 13.2. The third kappa shape index (κ3) is 16.8. The van der Waals surface area contributed by atoms with Crippen molar-refractivity contribution in [3.8, 4) is 0 Å². The van der Waals surface area contributed by atoms with Gasteiger partial charge in [-0.25, -0.2) is 8.78 Å². The van der Waals surface area contributed by atoms with Crippen LogP contribution in [0.4, 0.5) is 8.78 Å². The van der Waals surface area contributed by atoms with Crippen LogP contribution in [-0.2, 0) is 0 Å². The first kappa shape index (κ1) is 27.1. The molecule has 0 fully saturated rings. The molecule has 0 atom stereocenters. The second-order valence-electron chi connectivity index (χ2n) is 6.48. The van der Waals surface area contributed by atoms with E-state index in [2.05, 4.69) is 68.6 Å². The molecule has 3 N–H and O–H groups in total. The van der Waals surface area contributed by atoms with Crippen molar-refractivity contribution in [2.75, 3.05) is 13.1 Å². The molecule has 31 heavy (non-hydrogen) atoms. The first-order valence-corrected chi connectivity index (χ1v) is 9.26. The Morgan fingerprint density at radius 1 is 0.484 bits per heavy atom. The molecular weight excluding hydrogens is 392 g/mol. The summed E-state index contributed by atoms with van der Waals surface area (Å²) in [5.74, 6) is -1.06. The molecule has 0 radical (unpaired) electrons. The summed E-state index contributed by atoms with van der Waals surface area (Å²) in [5.41, 5.74) is 3.86. The highest BCUT2D eigenvalue weighted by Gasteiger charge is 1.95. The Bertz CT molecular complexity index is 808. The van der Waals surface area contributed by atoms with Gasteiger partial charge in [-0.2, -0.15) is 0 Å². The number of hydrogen-bond acceptors (Lipinski definition) is 3. The van der Waals surface area contributed by atoms with Gasteiger partial charge in [0.05, 0.1) is 0 Å². The third-order valence-electron chi connectivity index (χ3n) is 3.38. The molecule has 0 heterocycles. The molecule has 5 heteroatoms. The van der Waals surface area contributed by atoms with Crippen molar-refractivity contribution in [2.45, 2.75) is 0 Å². The fraction of sp³-hybridized carbons (Fsp3) is 0.0769. The predicted molar refractivity (Wildman–Crippen MR) is 131 cm³/mol. The van der Waals surface area contributed by atoms with Crippen LogP contribution in [0, 0.1) is 0 Å². The smallest absolute Gasteiger partial charge is 0.116 e. The van der Waals surface area contributed by atoms with Crippen LogP contribution in [-0.4, -0.2) is 13.1 Å². The third-order valence-corrected chi connectivity index (χ3v) is 3.38. The van der Waals surface area contributed by atoms with E-state index in [4.69, 9.17) is 0 Å². The molecule has 0 amide bonds. The van der Waals surface area contributed by atoms with Gasteiger partial charge in [0.15, 0.2) is 0 Å². The van der Waals surface area contributed by atoms with Crippen LogP contribution in [0.15, 0.2) is 147 Å². The molecule has 0 aromatic carbocycles. The number of hydrogen-bond donors (Lipinski definition) is 3. The van der Waals surface area contributed by atoms with E-state index >= 15 is 0 Å². The van der Waals surface area contributed by atoms with Crippen molar-refractivity contribution in [1.82, 2.24) is 16.0 Å². The number of nitrogens with one attached hydrogen (secondary N) is 3. The maximum absolute atomic E-state index is 12.6. The SMILES string of the molecule is C=C(F)/C=C\C(=C)CNC(=C)/C=C\C(=C)NC(=C)/C=C\C(=C)NCC(=C)/C=C\C(=C)F. The summed E-state index contributed by atoms with van der Waals surface area (Å²) in [6, 6.07) is 0. The Morgan fingerprint density at radius 3 is 1.13 bits per heavy atom. The first-order chi connectivity index (χ1) is 14.5. The van der Waals surface area contributed by atoms with Gasteiger partial charge >= 0.3 is 0 Å². The van der Waals surface area contributed by atoms with E-state index in [0.29, 0.717) is 47.0 Å². The van der Waals surface area contributed by atoms with E-state index in [0.717, 1.165) is 0 Å². The lowest BCUT2D eigenvalue weighted by molar-refractivity contribution is 0.670. The molecule has 0 rings (SSSR count). The minimum absolute atomic E-state index is 0.419. The van der Waals surface area contributed by atoms with Gasteiger partial charge in [-0.15, -0.1) is 0 Å². The zero-order chi connectivity index (χ0) is 23.8. The highest BCUT2D eigenvalue weighted by Crippen LogP contribution is 2.02. The second-order valence-corrected chi connectivity index (χ2v) is 6.48. The Balaban J connectivity index is 4.33. The van der Waals surface area contributed by atoms with Crippen molar-refractivity contribution in [3.63, 3.8) is 0 Å². The summed E-state index contributed by atoms with van der Waals surface area (Å²) >= 11 is 0. The van der Waals surface area contributed by atoms with E-state index in [1.807, 2.05) is 0 Å². The van der Waals surface area contributed by atoms with Gasteiger partial charge in [0.1, 0.15) is 11.7 Å². The fourth-order valence-corrected chi connectivity index (χ4v) is 1.80. The lowest BCUT2D eigenvalue weighted by Crippen LogP contribution is -2.14. The van der Waals surface area contributed by atoms with Gasteiger partial charge in [-0.1, -0.05) is 64.8 Å². The molecule has 0 bridgehead atoms. The van der Waals surface area contributed by atoms with Gasteiger partial charge in [0, 0.05) is 35.9 Å². The monoisotopic (exact) mass is 423 g/mol. The molecule has 0 saturated carbocycles. The average molecular weight is 424 g/mol. The van der Waals surface area contributed by atoms with Gasteiger partial charge in [-0.05, 0) is 47.6 Å². The van der Waals surface area contributed by atoms with Crippen LogP contribution in [0.25, 0.3) is 0 Å². The quantitative estimate of drug-likeness (QED) is 0.262. The van der Waals surface area contributed by atoms with Crippen LogP contribution < -0.4 is 16.0 Å². The summed E-state index contributed by atoms with van der Waals surface area (Å²) in [6.07, 6.45) is 12.5. The average Bonchev–Trinajstić information content (AvgIpc) is 2.70. The minimum Gasteiger partial charge on any atom is -0.381 e. The van der Waals surface area contributed by atoms with Crippen LogP contribution >= 0.6 is 0 Å². The summed E-state index contributed by atoms with van der Waals surface area (Å²) in [6.45, 7) is 30.3. The molecule has 0 spiro atoms. The molecule has 3 nitrogen and oxygen atoms in total. The molecule has 0 unspecified atom stereocenters. The number of rotatable bonds is 16. The van der Waals surface area contributed by atoms with Crippen LogP contribution in [0.5, 0.6) is 0 Å². The Labute approximate surface area is 185 Å². The van der Waals surface area contributed by atoms with E-state index in [1.54, 1.807) is 36.5 Å². The Hall–Kier alpha value is -3.86. The lowest BCUT2D eigenvalue weighted by atomic mass is 10.2. The molecule has 0 saturated heterocycles. The highest BCUT2D eigenvalue weighted by molar-refractivity contribution is 5.31. The largest absolute Gasteiger partial charge is 0.381 e. The van der Waals surface area contributed by atoms with Crippen molar-refractivity contribution in [1.29, 1.82) is 0 Å². The topological polar surface area (TPSA) is 36.1 Å². The Morgan fingerprint density at radius 2 is 0.806 bits per heavy atom. The van der Waals surface area contributed by atoms with Crippen molar-refractivity contribution in [2.24, 2.45) is 0 Å². The normalized spacial score (nSPS) is 11.0. The van der Waals surface area contributed by atoms with E-state index in [-0.39, 0.29) is 0 Å². The number of halogens is 2. The van der Waals surface area contributed by atoms with E-state index in [9.17, 15) is 8.78 Å². The van der Waals surface area contributed by atoms with Crippen molar-refractivity contribution in [3.05, 3.63) is 147 Å². The van der Waals surface area contributed by atoms with Gasteiger partial charge in [0.2, 0.25) is 0 Å². The maximum Gasteiger partial charge on any atom is 0.116 e. The van der Waals surface area contributed by atoms with Gasteiger partial charge in [-0.3, -0.25) is 0 Å². The van der Waals surface area contributed by atoms with Gasteiger partial charge < -0.3 is 16.0 Å². The second kappa shape index (κ2) is 15.0. The lowest BCUT2D eigenvalue weighted by Gasteiger charge is -2.08. The van der Waals surface area contributed by atoms with Crippen LogP contribution in [0.2, 0.25) is 0 Å². The predicted octanol–water partition coefficient (Wildman–Crippen LogP) is 6.11. The zero-order valence-corrected chi connectivity index (χ0v) is 17.9. The zero-order valence-electron chi connectivity index (χ0n) is 17.9. The van der Waals surface area contributed by atoms with Crippen molar-refractivity contribution < 1.29 is 8.78 Å². The minimum atomic E-state index is -0.529. The standard InChI is InChI=1S/C26H31F2N3/c1-19(9-11-21(3)27)17-29-23(5)13-15-25(7)31-26(8)16-14-24(6)30-18-20(2)10-12-22(4)28/h9-16,29-31H,1-8,17-18H2/b11-9-,12-10-,15-13-,16-14-. The maximum atomic E-state index is 12.6. The first-order valence-electron chi connectivity index (χ1n) is 9.26. The summed E-state index contributed by atoms with van der Waals surface area (Å²) in [7, 11) is 0. The molecule has 0 aromatic heterocycles. The van der Waals surface area contributed by atoms with E-state index < -0.39 is 11.7 Å². The van der Waals surface area contributed by atoms with Crippen LogP contribution in [0.1, 0.15) is 0 Å². The van der Waals surface area contributed by atoms with Gasteiger partial charge in [0.25, 0.3) is 0 Å².